The average molecular weight is 447 g/mol. The fourth-order valence-corrected chi connectivity index (χ4v) is 4.45. The normalized spacial score (nSPS) is 16.1. The second-order valence-corrected chi connectivity index (χ2v) is 8.45. The fraction of sp³-hybridized carbons (Fsp3) is 0.316. The van der Waals surface area contributed by atoms with Gasteiger partial charge in [-0.1, -0.05) is 23.4 Å². The van der Waals surface area contributed by atoms with E-state index in [-0.39, 0.29) is 29.7 Å². The summed E-state index contributed by atoms with van der Waals surface area (Å²) in [7, 11) is 2.93. The number of imidazole rings is 1. The maximum atomic E-state index is 13.4. The van der Waals surface area contributed by atoms with Crippen LogP contribution in [0.5, 0.6) is 0 Å². The van der Waals surface area contributed by atoms with Crippen LogP contribution in [-0.2, 0) is 25.4 Å². The Labute approximate surface area is 180 Å². The predicted octanol–water partition coefficient (Wildman–Crippen LogP) is 1.61. The van der Waals surface area contributed by atoms with Gasteiger partial charge in [0.15, 0.2) is 16.3 Å². The number of amides is 1. The number of aromatic nitrogens is 4. The molecule has 0 saturated heterocycles. The van der Waals surface area contributed by atoms with E-state index < -0.39 is 11.2 Å². The number of halogens is 1. The molecule has 4 rings (SSSR count). The first-order chi connectivity index (χ1) is 14.3. The molecule has 0 spiro atoms. The summed E-state index contributed by atoms with van der Waals surface area (Å²) in [5.74, 6) is 0.497. The van der Waals surface area contributed by atoms with Gasteiger partial charge in [-0.25, -0.2) is 9.78 Å². The molecule has 0 saturated carbocycles. The molecule has 11 heteroatoms. The van der Waals surface area contributed by atoms with E-state index in [2.05, 4.69) is 9.98 Å². The van der Waals surface area contributed by atoms with Crippen LogP contribution >= 0.6 is 23.4 Å². The lowest BCUT2D eigenvalue weighted by molar-refractivity contribution is -0.118. The van der Waals surface area contributed by atoms with Gasteiger partial charge < -0.3 is 4.57 Å². The van der Waals surface area contributed by atoms with E-state index in [1.165, 1.54) is 46.2 Å². The van der Waals surface area contributed by atoms with Crippen LogP contribution in [0.2, 0.25) is 5.02 Å². The smallest absolute Gasteiger partial charge is 0.315 e. The number of thioether (sulfide) groups is 1. The SMILES string of the molecule is C[C@@H]1CSC(N(C(=O)Cn2cnc3c2c(=O)n(C)c(=O)n3C)c2ccc(Cl)cc2)=N1. The zero-order valence-corrected chi connectivity index (χ0v) is 18.1. The molecular formula is C19H19ClN6O3S. The van der Waals surface area contributed by atoms with Crippen LogP contribution in [0, 0.1) is 0 Å². The standard InChI is InChI=1S/C19H19ClN6O3S/c1-11-9-30-18(22-11)26(13-6-4-12(20)5-7-13)14(27)8-25-10-21-16-15(25)17(28)24(3)19(29)23(16)2/h4-7,10-11H,8-9H2,1-3H3/t11-/m1/s1. The van der Waals surface area contributed by atoms with Crippen molar-refractivity contribution in [1.82, 2.24) is 18.7 Å². The third-order valence-corrected chi connectivity index (χ3v) is 6.28. The Morgan fingerprint density at radius 2 is 1.93 bits per heavy atom. The Balaban J connectivity index is 1.77. The summed E-state index contributed by atoms with van der Waals surface area (Å²) in [4.78, 5) is 48.4. The van der Waals surface area contributed by atoms with Gasteiger partial charge in [-0.05, 0) is 31.2 Å². The highest BCUT2D eigenvalue weighted by atomic mass is 35.5. The molecular weight excluding hydrogens is 428 g/mol. The number of amidine groups is 1. The van der Waals surface area contributed by atoms with Gasteiger partial charge in [-0.15, -0.1) is 0 Å². The highest BCUT2D eigenvalue weighted by Crippen LogP contribution is 2.27. The molecule has 0 bridgehead atoms. The molecule has 3 heterocycles. The van der Waals surface area contributed by atoms with Gasteiger partial charge in [0.2, 0.25) is 0 Å². The summed E-state index contributed by atoms with van der Waals surface area (Å²) < 4.78 is 3.75. The Kier molecular flexibility index (Phi) is 5.29. The summed E-state index contributed by atoms with van der Waals surface area (Å²) in [6.07, 6.45) is 1.40. The van der Waals surface area contributed by atoms with Crippen LogP contribution in [0.15, 0.2) is 45.2 Å². The zero-order chi connectivity index (χ0) is 21.6. The van der Waals surface area contributed by atoms with Crippen LogP contribution in [0.1, 0.15) is 6.92 Å². The minimum absolute atomic E-state index is 0.100. The van der Waals surface area contributed by atoms with Gasteiger partial charge in [-0.2, -0.15) is 0 Å². The van der Waals surface area contributed by atoms with E-state index in [0.29, 0.717) is 15.9 Å². The predicted molar refractivity (Wildman–Crippen MR) is 119 cm³/mol. The van der Waals surface area contributed by atoms with Crippen LogP contribution in [-0.4, -0.2) is 41.6 Å². The van der Waals surface area contributed by atoms with Crippen molar-refractivity contribution in [3.8, 4) is 0 Å². The first kappa shape index (κ1) is 20.4. The summed E-state index contributed by atoms with van der Waals surface area (Å²) in [5, 5.41) is 1.16. The minimum atomic E-state index is -0.502. The van der Waals surface area contributed by atoms with Crippen molar-refractivity contribution in [2.75, 3.05) is 10.7 Å². The number of carbonyl (C=O) groups is 1. The third kappa shape index (κ3) is 3.46. The van der Waals surface area contributed by atoms with Gasteiger partial charge in [0.25, 0.3) is 11.5 Å². The van der Waals surface area contributed by atoms with Gasteiger partial charge >= 0.3 is 5.69 Å². The van der Waals surface area contributed by atoms with E-state index in [0.717, 1.165) is 10.3 Å². The molecule has 1 amide bonds. The van der Waals surface area contributed by atoms with Gasteiger partial charge in [-0.3, -0.25) is 28.6 Å². The number of aliphatic imine (C=N–C) groups is 1. The molecule has 1 atom stereocenters. The molecule has 0 aliphatic carbocycles. The van der Waals surface area contributed by atoms with Crippen LogP contribution in [0.25, 0.3) is 11.2 Å². The van der Waals surface area contributed by atoms with Crippen LogP contribution in [0.4, 0.5) is 5.69 Å². The Morgan fingerprint density at radius 3 is 2.57 bits per heavy atom. The number of hydrogen-bond acceptors (Lipinski definition) is 6. The lowest BCUT2D eigenvalue weighted by Crippen LogP contribution is -2.39. The summed E-state index contributed by atoms with van der Waals surface area (Å²) in [6.45, 7) is 1.85. The lowest BCUT2D eigenvalue weighted by atomic mass is 10.3. The van der Waals surface area contributed by atoms with E-state index in [1.54, 1.807) is 24.3 Å². The maximum absolute atomic E-state index is 13.4. The van der Waals surface area contributed by atoms with E-state index in [4.69, 9.17) is 11.6 Å². The van der Waals surface area contributed by atoms with Gasteiger partial charge in [0.05, 0.1) is 18.1 Å². The molecule has 0 fully saturated rings. The quantitative estimate of drug-likeness (QED) is 0.609. The van der Waals surface area contributed by atoms with Crippen LogP contribution < -0.4 is 16.1 Å². The number of fused-ring (bicyclic) bond motifs is 1. The molecule has 0 N–H and O–H groups in total. The Bertz CT molecular complexity index is 1290. The molecule has 2 aromatic heterocycles. The first-order valence-electron chi connectivity index (χ1n) is 9.18. The van der Waals surface area contributed by atoms with Crippen molar-refractivity contribution in [2.45, 2.75) is 19.5 Å². The molecule has 1 aromatic carbocycles. The Hall–Kier alpha value is -2.85. The number of benzene rings is 1. The summed E-state index contributed by atoms with van der Waals surface area (Å²) >= 11 is 7.50. The molecule has 1 aliphatic rings. The number of hydrogen-bond donors (Lipinski definition) is 0. The van der Waals surface area contributed by atoms with E-state index in [9.17, 15) is 14.4 Å². The first-order valence-corrected chi connectivity index (χ1v) is 10.5. The Morgan fingerprint density at radius 1 is 1.23 bits per heavy atom. The highest BCUT2D eigenvalue weighted by Gasteiger charge is 2.28. The zero-order valence-electron chi connectivity index (χ0n) is 16.6. The van der Waals surface area contributed by atoms with Gasteiger partial charge in [0, 0.05) is 24.9 Å². The van der Waals surface area contributed by atoms with Crippen molar-refractivity contribution in [3.05, 3.63) is 56.5 Å². The van der Waals surface area contributed by atoms with E-state index >= 15 is 0 Å². The highest BCUT2D eigenvalue weighted by molar-refractivity contribution is 8.14. The number of anilines is 1. The number of carbonyl (C=O) groups excluding carboxylic acids is 1. The average Bonchev–Trinajstić information content (AvgIpc) is 3.33. The van der Waals surface area contributed by atoms with Crippen LogP contribution in [0.3, 0.4) is 0 Å². The van der Waals surface area contributed by atoms with Crippen molar-refractivity contribution in [1.29, 1.82) is 0 Å². The number of aryl methyl sites for hydroxylation is 1. The van der Waals surface area contributed by atoms with Gasteiger partial charge in [0.1, 0.15) is 6.54 Å². The monoisotopic (exact) mass is 446 g/mol. The largest absolute Gasteiger partial charge is 0.332 e. The summed E-state index contributed by atoms with van der Waals surface area (Å²) in [5.41, 5.74) is 0.0817. The number of nitrogens with zero attached hydrogens (tertiary/aromatic N) is 6. The van der Waals surface area contributed by atoms with Crippen molar-refractivity contribution in [3.63, 3.8) is 0 Å². The van der Waals surface area contributed by atoms with E-state index in [1.807, 2.05) is 6.92 Å². The molecule has 0 unspecified atom stereocenters. The summed E-state index contributed by atoms with van der Waals surface area (Å²) in [6, 6.07) is 7.02. The number of rotatable bonds is 3. The fourth-order valence-electron chi connectivity index (χ4n) is 3.27. The molecule has 0 radical (unpaired) electrons. The lowest BCUT2D eigenvalue weighted by Gasteiger charge is -2.22. The minimum Gasteiger partial charge on any atom is -0.315 e. The maximum Gasteiger partial charge on any atom is 0.332 e. The second kappa shape index (κ2) is 7.77. The second-order valence-electron chi connectivity index (χ2n) is 7.03. The van der Waals surface area contributed by atoms with Crippen molar-refractivity contribution >= 4 is 51.3 Å². The third-order valence-electron chi connectivity index (χ3n) is 4.83. The molecule has 3 aromatic rings. The molecule has 30 heavy (non-hydrogen) atoms. The van der Waals surface area contributed by atoms with Crippen molar-refractivity contribution < 1.29 is 4.79 Å². The molecule has 156 valence electrons. The van der Waals surface area contributed by atoms with Crippen molar-refractivity contribution in [2.24, 2.45) is 19.1 Å². The molecule has 1 aliphatic heterocycles. The molecule has 9 nitrogen and oxygen atoms in total. The topological polar surface area (TPSA) is 94.5 Å².